The van der Waals surface area contributed by atoms with E-state index in [1.165, 1.54) is 7.11 Å². The molecule has 1 atom stereocenters. The molecular formula is C19H26N2O4. The summed E-state index contributed by atoms with van der Waals surface area (Å²) in [6.07, 6.45) is 1.99. The van der Waals surface area contributed by atoms with Crippen LogP contribution < -0.4 is 5.32 Å². The molecule has 1 aliphatic rings. The summed E-state index contributed by atoms with van der Waals surface area (Å²) in [5.41, 5.74) is 1.38. The van der Waals surface area contributed by atoms with Crippen molar-refractivity contribution in [2.24, 2.45) is 5.92 Å². The number of amides is 2. The Hall–Kier alpha value is -2.37. The maximum atomic E-state index is 12.5. The minimum absolute atomic E-state index is 0.151. The molecule has 2 rings (SSSR count). The number of rotatable bonds is 7. The highest BCUT2D eigenvalue weighted by Gasteiger charge is 2.24. The van der Waals surface area contributed by atoms with Crippen LogP contribution in [0, 0.1) is 5.92 Å². The van der Waals surface area contributed by atoms with Gasteiger partial charge in [-0.15, -0.1) is 0 Å². The summed E-state index contributed by atoms with van der Waals surface area (Å²) in [5, 5.41) is 2.75. The lowest BCUT2D eigenvalue weighted by molar-refractivity contribution is -0.143. The molecule has 2 amide bonds. The van der Waals surface area contributed by atoms with Gasteiger partial charge < -0.3 is 15.0 Å². The van der Waals surface area contributed by atoms with Gasteiger partial charge in [-0.1, -0.05) is 26.0 Å². The average Bonchev–Trinajstić information content (AvgIpc) is 2.98. The largest absolute Gasteiger partial charge is 0.467 e. The van der Waals surface area contributed by atoms with Crippen molar-refractivity contribution in [3.63, 3.8) is 0 Å². The van der Waals surface area contributed by atoms with Gasteiger partial charge in [0.05, 0.1) is 7.11 Å². The van der Waals surface area contributed by atoms with E-state index < -0.39 is 12.0 Å². The molecule has 0 radical (unpaired) electrons. The lowest BCUT2D eigenvalue weighted by atomic mass is 10.0. The Morgan fingerprint density at radius 3 is 2.68 bits per heavy atom. The summed E-state index contributed by atoms with van der Waals surface area (Å²) < 4.78 is 4.78. The molecule has 0 saturated carbocycles. The number of hydrogen-bond donors (Lipinski definition) is 1. The predicted molar refractivity (Wildman–Crippen MR) is 93.8 cm³/mol. The van der Waals surface area contributed by atoms with E-state index in [4.69, 9.17) is 4.74 Å². The zero-order valence-electron chi connectivity index (χ0n) is 15.1. The van der Waals surface area contributed by atoms with Gasteiger partial charge in [0.25, 0.3) is 5.91 Å². The number of nitrogens with one attached hydrogen (secondary N) is 1. The smallest absolute Gasteiger partial charge is 0.328 e. The van der Waals surface area contributed by atoms with Crippen LogP contribution >= 0.6 is 0 Å². The lowest BCUT2D eigenvalue weighted by Crippen LogP contribution is -2.42. The number of hydrogen-bond acceptors (Lipinski definition) is 4. The minimum Gasteiger partial charge on any atom is -0.467 e. The topological polar surface area (TPSA) is 75.7 Å². The van der Waals surface area contributed by atoms with Gasteiger partial charge in [0.2, 0.25) is 5.91 Å². The minimum atomic E-state index is -0.665. The molecule has 0 bridgehead atoms. The van der Waals surface area contributed by atoms with Crippen molar-refractivity contribution in [1.82, 2.24) is 10.2 Å². The van der Waals surface area contributed by atoms with Crippen LogP contribution in [0.2, 0.25) is 0 Å². The molecule has 0 aliphatic carbocycles. The van der Waals surface area contributed by atoms with Crippen molar-refractivity contribution < 1.29 is 19.1 Å². The fraction of sp³-hybridized carbons (Fsp3) is 0.526. The zero-order valence-corrected chi connectivity index (χ0v) is 15.1. The molecule has 1 unspecified atom stereocenters. The van der Waals surface area contributed by atoms with Gasteiger partial charge in [-0.2, -0.15) is 0 Å². The Labute approximate surface area is 148 Å². The molecule has 136 valence electrons. The molecule has 1 aromatic carbocycles. The van der Waals surface area contributed by atoms with E-state index in [0.29, 0.717) is 24.9 Å². The molecule has 1 fully saturated rings. The Morgan fingerprint density at radius 2 is 2.08 bits per heavy atom. The molecule has 1 heterocycles. The number of methoxy groups -OCH3 is 1. The molecule has 0 aromatic heterocycles. The van der Waals surface area contributed by atoms with Crippen LogP contribution in [0.3, 0.4) is 0 Å². The number of carbonyl (C=O) groups is 3. The summed E-state index contributed by atoms with van der Waals surface area (Å²) >= 11 is 0. The van der Waals surface area contributed by atoms with Crippen LogP contribution in [0.1, 0.15) is 49.0 Å². The van der Waals surface area contributed by atoms with Crippen molar-refractivity contribution in [1.29, 1.82) is 0 Å². The number of ether oxygens (including phenoxy) is 1. The zero-order chi connectivity index (χ0) is 18.4. The van der Waals surface area contributed by atoms with Crippen molar-refractivity contribution in [3.8, 4) is 0 Å². The summed E-state index contributed by atoms with van der Waals surface area (Å²) in [6, 6.07) is 6.49. The third-order valence-corrected chi connectivity index (χ3v) is 4.23. The summed E-state index contributed by atoms with van der Waals surface area (Å²) in [4.78, 5) is 37.9. The number of likely N-dealkylation sites (tertiary alicyclic amines) is 1. The third kappa shape index (κ3) is 5.31. The van der Waals surface area contributed by atoms with Crippen LogP contribution in [0.25, 0.3) is 0 Å². The molecule has 6 heteroatoms. The second-order valence-corrected chi connectivity index (χ2v) is 6.80. The van der Waals surface area contributed by atoms with Crippen molar-refractivity contribution in [3.05, 3.63) is 35.4 Å². The monoisotopic (exact) mass is 346 g/mol. The summed E-state index contributed by atoms with van der Waals surface area (Å²) in [6.45, 7) is 5.23. The number of carbonyl (C=O) groups excluding carboxylic acids is 3. The van der Waals surface area contributed by atoms with Crippen LogP contribution in [0.5, 0.6) is 0 Å². The van der Waals surface area contributed by atoms with E-state index in [-0.39, 0.29) is 17.7 Å². The van der Waals surface area contributed by atoms with Crippen LogP contribution in [0.15, 0.2) is 24.3 Å². The van der Waals surface area contributed by atoms with E-state index in [2.05, 4.69) is 5.32 Å². The maximum Gasteiger partial charge on any atom is 0.328 e. The van der Waals surface area contributed by atoms with Gasteiger partial charge in [-0.05, 0) is 36.5 Å². The molecular weight excluding hydrogens is 320 g/mol. The average molecular weight is 346 g/mol. The molecule has 6 nitrogen and oxygen atoms in total. The molecule has 0 spiro atoms. The Morgan fingerprint density at radius 1 is 1.32 bits per heavy atom. The Bertz CT molecular complexity index is 642. The normalized spacial score (nSPS) is 15.4. The fourth-order valence-electron chi connectivity index (χ4n) is 2.97. The quantitative estimate of drug-likeness (QED) is 0.768. The fourth-order valence-corrected chi connectivity index (χ4v) is 2.97. The number of benzene rings is 1. The maximum absolute atomic E-state index is 12.5. The van der Waals surface area contributed by atoms with Crippen LogP contribution in [-0.2, 0) is 20.9 Å². The molecule has 1 aliphatic heterocycles. The van der Waals surface area contributed by atoms with Gasteiger partial charge in [0.1, 0.15) is 6.04 Å². The molecule has 1 saturated heterocycles. The van der Waals surface area contributed by atoms with E-state index in [1.54, 1.807) is 23.1 Å². The lowest BCUT2D eigenvalue weighted by Gasteiger charge is -2.19. The highest BCUT2D eigenvalue weighted by Crippen LogP contribution is 2.15. The van der Waals surface area contributed by atoms with Gasteiger partial charge in [0, 0.05) is 25.1 Å². The van der Waals surface area contributed by atoms with E-state index in [1.807, 2.05) is 19.9 Å². The second-order valence-electron chi connectivity index (χ2n) is 6.80. The first-order chi connectivity index (χ1) is 11.9. The van der Waals surface area contributed by atoms with Gasteiger partial charge in [-0.25, -0.2) is 4.79 Å². The second kappa shape index (κ2) is 8.65. The first-order valence-electron chi connectivity index (χ1n) is 8.66. The standard InChI is InChI=1S/C19H26N2O4/c1-13(2)10-16(19(24)25-3)20-18(23)15-7-4-6-14(11-15)12-21-9-5-8-17(21)22/h4,6-7,11,13,16H,5,8-10,12H2,1-3H3,(H,20,23). The predicted octanol–water partition coefficient (Wildman–Crippen LogP) is 2.13. The van der Waals surface area contributed by atoms with Crippen molar-refractivity contribution in [2.75, 3.05) is 13.7 Å². The van der Waals surface area contributed by atoms with Crippen molar-refractivity contribution >= 4 is 17.8 Å². The Balaban J connectivity index is 2.06. The van der Waals surface area contributed by atoms with Gasteiger partial charge >= 0.3 is 5.97 Å². The third-order valence-electron chi connectivity index (χ3n) is 4.23. The number of esters is 1. The van der Waals surface area contributed by atoms with E-state index in [9.17, 15) is 14.4 Å². The van der Waals surface area contributed by atoms with E-state index in [0.717, 1.165) is 18.5 Å². The van der Waals surface area contributed by atoms with Gasteiger partial charge in [-0.3, -0.25) is 9.59 Å². The molecule has 1 aromatic rings. The van der Waals surface area contributed by atoms with Crippen LogP contribution in [0.4, 0.5) is 0 Å². The molecule has 25 heavy (non-hydrogen) atoms. The van der Waals surface area contributed by atoms with Gasteiger partial charge in [0.15, 0.2) is 0 Å². The summed E-state index contributed by atoms with van der Waals surface area (Å²) in [5.74, 6) is -0.360. The number of nitrogens with zero attached hydrogens (tertiary/aromatic N) is 1. The first-order valence-corrected chi connectivity index (χ1v) is 8.66. The highest BCUT2D eigenvalue weighted by molar-refractivity contribution is 5.96. The van der Waals surface area contributed by atoms with Crippen molar-refractivity contribution in [2.45, 2.75) is 45.7 Å². The SMILES string of the molecule is COC(=O)C(CC(C)C)NC(=O)c1cccc(CN2CCCC2=O)c1. The van der Waals surface area contributed by atoms with Crippen LogP contribution in [-0.4, -0.2) is 42.4 Å². The summed E-state index contributed by atoms with van der Waals surface area (Å²) in [7, 11) is 1.31. The Kier molecular flexibility index (Phi) is 6.56. The first kappa shape index (κ1) is 19.0. The van der Waals surface area contributed by atoms with E-state index >= 15 is 0 Å². The molecule has 1 N–H and O–H groups in total. The highest BCUT2D eigenvalue weighted by atomic mass is 16.5.